The van der Waals surface area contributed by atoms with Gasteiger partial charge in [-0.15, -0.1) is 0 Å². The van der Waals surface area contributed by atoms with Crippen LogP contribution in [0.2, 0.25) is 0 Å². The smallest absolute Gasteiger partial charge is 0.230 e. The summed E-state index contributed by atoms with van der Waals surface area (Å²) in [6, 6.07) is 0. The highest BCUT2D eigenvalue weighted by Gasteiger charge is 2.20. The number of nitrogens with zero attached hydrogens (tertiary/aromatic N) is 2. The molecular weight excluding hydrogens is 204 g/mol. The van der Waals surface area contributed by atoms with Crippen LogP contribution in [0.5, 0.6) is 0 Å². The second kappa shape index (κ2) is 4.51. The van der Waals surface area contributed by atoms with Crippen molar-refractivity contribution in [3.63, 3.8) is 0 Å². The summed E-state index contributed by atoms with van der Waals surface area (Å²) in [5.41, 5.74) is 1.50. The van der Waals surface area contributed by atoms with Gasteiger partial charge in [0, 0.05) is 13.2 Å². The lowest BCUT2D eigenvalue weighted by Gasteiger charge is -2.13. The van der Waals surface area contributed by atoms with Gasteiger partial charge in [-0.2, -0.15) is 5.10 Å². The highest BCUT2D eigenvalue weighted by molar-refractivity contribution is 6.08. The largest absolute Gasteiger partial charge is 0.490 e. The highest BCUT2D eigenvalue weighted by atomic mass is 16.5. The van der Waals surface area contributed by atoms with Gasteiger partial charge in [0.05, 0.1) is 17.9 Å². The molecule has 86 valence electrons. The molecule has 0 aromatic carbocycles. The van der Waals surface area contributed by atoms with Crippen molar-refractivity contribution in [1.29, 1.82) is 0 Å². The van der Waals surface area contributed by atoms with Gasteiger partial charge in [-0.3, -0.25) is 9.48 Å². The number of aryl methyl sites for hydroxylation is 2. The normalized spacial score (nSPS) is 15.5. The molecule has 4 nitrogen and oxygen atoms in total. The van der Waals surface area contributed by atoms with Gasteiger partial charge in [0.15, 0.2) is 5.76 Å². The van der Waals surface area contributed by atoms with Crippen LogP contribution in [0.1, 0.15) is 35.8 Å². The predicted octanol–water partition coefficient (Wildman–Crippen LogP) is 1.86. The van der Waals surface area contributed by atoms with E-state index in [1.807, 2.05) is 20.0 Å². The number of Topliss-reactive ketones (excluding diaryl/α,β-unsaturated/α-hetero) is 1. The number of hydrogen-bond acceptors (Lipinski definition) is 3. The number of ether oxygens (including phenoxy) is 1. The Balaban J connectivity index is 2.29. The SMILES string of the molecule is CCc1nn(C)cc1C(=O)C1=CCCCO1. The Morgan fingerprint density at radius 3 is 3.06 bits per heavy atom. The highest BCUT2D eigenvalue weighted by Crippen LogP contribution is 2.18. The molecule has 0 unspecified atom stereocenters. The fraction of sp³-hybridized carbons (Fsp3) is 0.500. The van der Waals surface area contributed by atoms with Crippen LogP contribution >= 0.6 is 0 Å². The Kier molecular flexibility index (Phi) is 3.08. The molecule has 0 fully saturated rings. The Morgan fingerprint density at radius 1 is 1.62 bits per heavy atom. The molecule has 0 saturated carbocycles. The summed E-state index contributed by atoms with van der Waals surface area (Å²) < 4.78 is 7.05. The van der Waals surface area contributed by atoms with Crippen LogP contribution in [0.3, 0.4) is 0 Å². The predicted molar refractivity (Wildman–Crippen MR) is 60.2 cm³/mol. The van der Waals surface area contributed by atoms with Gasteiger partial charge in [-0.1, -0.05) is 6.92 Å². The van der Waals surface area contributed by atoms with Crippen molar-refractivity contribution in [1.82, 2.24) is 9.78 Å². The second-order valence-electron chi connectivity index (χ2n) is 3.90. The van der Waals surface area contributed by atoms with Gasteiger partial charge < -0.3 is 4.74 Å². The third kappa shape index (κ3) is 2.01. The van der Waals surface area contributed by atoms with Crippen LogP contribution in [0.15, 0.2) is 18.0 Å². The minimum absolute atomic E-state index is 0.0374. The molecule has 0 amide bonds. The lowest BCUT2D eigenvalue weighted by atomic mass is 10.1. The number of carbonyl (C=O) groups excluding carboxylic acids is 1. The summed E-state index contributed by atoms with van der Waals surface area (Å²) in [6.07, 6.45) is 6.31. The molecule has 0 spiro atoms. The first-order valence-corrected chi connectivity index (χ1v) is 5.62. The van der Waals surface area contributed by atoms with Crippen LogP contribution < -0.4 is 0 Å². The molecule has 1 aliphatic rings. The Hall–Kier alpha value is -1.58. The quantitative estimate of drug-likeness (QED) is 0.730. The van der Waals surface area contributed by atoms with Crippen LogP contribution in [0.4, 0.5) is 0 Å². The standard InChI is InChI=1S/C12H16N2O2/c1-3-10-9(8-14(2)13-10)12(15)11-6-4-5-7-16-11/h6,8H,3-5,7H2,1-2H3. The second-order valence-corrected chi connectivity index (χ2v) is 3.90. The summed E-state index contributed by atoms with van der Waals surface area (Å²) >= 11 is 0. The number of hydrogen-bond donors (Lipinski definition) is 0. The first-order valence-electron chi connectivity index (χ1n) is 5.62. The number of carbonyl (C=O) groups is 1. The molecule has 0 N–H and O–H groups in total. The molecule has 0 atom stereocenters. The molecule has 2 heterocycles. The van der Waals surface area contributed by atoms with E-state index in [4.69, 9.17) is 4.74 Å². The molecule has 0 saturated heterocycles. The third-order valence-electron chi connectivity index (χ3n) is 2.64. The molecule has 1 aliphatic heterocycles. The van der Waals surface area contributed by atoms with E-state index in [1.54, 1.807) is 10.9 Å². The number of aromatic nitrogens is 2. The Labute approximate surface area is 94.9 Å². The third-order valence-corrected chi connectivity index (χ3v) is 2.64. The Morgan fingerprint density at radius 2 is 2.44 bits per heavy atom. The van der Waals surface area contributed by atoms with E-state index in [9.17, 15) is 4.79 Å². The zero-order valence-electron chi connectivity index (χ0n) is 9.69. The molecule has 0 bridgehead atoms. The van der Waals surface area contributed by atoms with Crippen molar-refractivity contribution in [2.24, 2.45) is 7.05 Å². The van der Waals surface area contributed by atoms with Crippen molar-refractivity contribution >= 4 is 5.78 Å². The minimum Gasteiger partial charge on any atom is -0.490 e. The van der Waals surface area contributed by atoms with E-state index in [0.717, 1.165) is 25.0 Å². The fourth-order valence-corrected chi connectivity index (χ4v) is 1.83. The maximum absolute atomic E-state index is 12.1. The van der Waals surface area contributed by atoms with Gasteiger partial charge in [-0.25, -0.2) is 0 Å². The van der Waals surface area contributed by atoms with Crippen LogP contribution in [-0.2, 0) is 18.2 Å². The molecular formula is C12H16N2O2. The molecule has 0 aliphatic carbocycles. The molecule has 1 aromatic heterocycles. The lowest BCUT2D eigenvalue weighted by Crippen LogP contribution is -2.12. The topological polar surface area (TPSA) is 44.1 Å². The lowest BCUT2D eigenvalue weighted by molar-refractivity contribution is 0.0898. The van der Waals surface area contributed by atoms with Crippen molar-refractivity contribution in [2.75, 3.05) is 6.61 Å². The van der Waals surface area contributed by atoms with Crippen LogP contribution in [0, 0.1) is 0 Å². The first-order chi connectivity index (χ1) is 7.72. The van der Waals surface area contributed by atoms with Gasteiger partial charge in [0.2, 0.25) is 5.78 Å². The number of rotatable bonds is 3. The molecule has 0 radical (unpaired) electrons. The van der Waals surface area contributed by atoms with Crippen molar-refractivity contribution in [2.45, 2.75) is 26.2 Å². The summed E-state index contributed by atoms with van der Waals surface area (Å²) in [5.74, 6) is 0.443. The zero-order valence-corrected chi connectivity index (χ0v) is 9.69. The maximum atomic E-state index is 12.1. The van der Waals surface area contributed by atoms with Crippen molar-refractivity contribution in [3.05, 3.63) is 29.3 Å². The Bertz CT molecular complexity index is 432. The molecule has 4 heteroatoms. The number of ketones is 1. The molecule has 16 heavy (non-hydrogen) atoms. The van der Waals surface area contributed by atoms with E-state index < -0.39 is 0 Å². The zero-order chi connectivity index (χ0) is 11.5. The monoisotopic (exact) mass is 220 g/mol. The van der Waals surface area contributed by atoms with Gasteiger partial charge in [0.1, 0.15) is 0 Å². The fourth-order valence-electron chi connectivity index (χ4n) is 1.83. The summed E-state index contributed by atoms with van der Waals surface area (Å²) in [4.78, 5) is 12.1. The van der Waals surface area contributed by atoms with E-state index in [1.165, 1.54) is 0 Å². The average molecular weight is 220 g/mol. The van der Waals surface area contributed by atoms with Crippen LogP contribution in [0.25, 0.3) is 0 Å². The van der Waals surface area contributed by atoms with Crippen molar-refractivity contribution in [3.8, 4) is 0 Å². The maximum Gasteiger partial charge on any atom is 0.230 e. The van der Waals surface area contributed by atoms with E-state index in [-0.39, 0.29) is 5.78 Å². The van der Waals surface area contributed by atoms with E-state index in [0.29, 0.717) is 17.9 Å². The van der Waals surface area contributed by atoms with E-state index in [2.05, 4.69) is 5.10 Å². The van der Waals surface area contributed by atoms with E-state index >= 15 is 0 Å². The molecule has 2 rings (SSSR count). The van der Waals surface area contributed by atoms with Gasteiger partial charge in [-0.05, 0) is 25.3 Å². The van der Waals surface area contributed by atoms with Crippen molar-refractivity contribution < 1.29 is 9.53 Å². The number of allylic oxidation sites excluding steroid dienone is 2. The summed E-state index contributed by atoms with van der Waals surface area (Å²) in [6.45, 7) is 2.63. The molecule has 1 aromatic rings. The summed E-state index contributed by atoms with van der Waals surface area (Å²) in [5, 5.41) is 4.26. The minimum atomic E-state index is -0.0374. The van der Waals surface area contributed by atoms with Crippen LogP contribution in [-0.4, -0.2) is 22.2 Å². The average Bonchev–Trinajstić information content (AvgIpc) is 2.70. The first kappa shape index (κ1) is 10.9. The van der Waals surface area contributed by atoms with Gasteiger partial charge in [0.25, 0.3) is 0 Å². The summed E-state index contributed by atoms with van der Waals surface area (Å²) in [7, 11) is 1.83. The van der Waals surface area contributed by atoms with Gasteiger partial charge >= 0.3 is 0 Å².